The normalized spacial score (nSPS) is 27.1. The van der Waals surface area contributed by atoms with Crippen molar-refractivity contribution in [1.82, 2.24) is 0 Å². The van der Waals surface area contributed by atoms with Gasteiger partial charge in [0, 0.05) is 17.4 Å². The Morgan fingerprint density at radius 1 is 1.35 bits per heavy atom. The van der Waals surface area contributed by atoms with Gasteiger partial charge in [-0.1, -0.05) is 15.9 Å². The molecule has 0 amide bonds. The van der Waals surface area contributed by atoms with Crippen LogP contribution in [0.1, 0.15) is 40.0 Å². The summed E-state index contributed by atoms with van der Waals surface area (Å²) in [6.07, 6.45) is 2.77. The fourth-order valence-electron chi connectivity index (χ4n) is 1.94. The lowest BCUT2D eigenvalue weighted by molar-refractivity contribution is 0.00441. The van der Waals surface area contributed by atoms with Gasteiger partial charge in [-0.15, -0.1) is 0 Å². The van der Waals surface area contributed by atoms with Gasteiger partial charge in [0.25, 0.3) is 0 Å². The van der Waals surface area contributed by atoms with Crippen molar-refractivity contribution in [3.05, 3.63) is 0 Å². The molecule has 0 radical (unpaired) electrons. The molecule has 1 atom stereocenters. The quantitative estimate of drug-likeness (QED) is 0.746. The third kappa shape index (κ3) is 3.93. The van der Waals surface area contributed by atoms with Crippen LogP contribution in [0.25, 0.3) is 0 Å². The Labute approximate surface area is 113 Å². The molecule has 0 aromatic carbocycles. The van der Waals surface area contributed by atoms with Crippen molar-refractivity contribution in [2.45, 2.75) is 44.8 Å². The molecule has 1 aliphatic heterocycles. The molecule has 0 bridgehead atoms. The van der Waals surface area contributed by atoms with E-state index in [1.807, 2.05) is 0 Å². The van der Waals surface area contributed by atoms with Gasteiger partial charge in [-0.3, -0.25) is 0 Å². The largest absolute Gasteiger partial charge is 0.381 e. The van der Waals surface area contributed by atoms with Crippen molar-refractivity contribution in [2.75, 3.05) is 24.3 Å². The summed E-state index contributed by atoms with van der Waals surface area (Å²) in [5.41, 5.74) is 0.0105. The average molecular weight is 327 g/mol. The van der Waals surface area contributed by atoms with E-state index in [-0.39, 0.29) is 11.2 Å². The van der Waals surface area contributed by atoms with Crippen LogP contribution >= 0.6 is 15.9 Å². The summed E-state index contributed by atoms with van der Waals surface area (Å²) in [6, 6.07) is 0. The van der Waals surface area contributed by atoms with Crippen LogP contribution in [0.4, 0.5) is 0 Å². The minimum Gasteiger partial charge on any atom is -0.381 e. The Balaban J connectivity index is 2.65. The molecule has 0 saturated carbocycles. The molecule has 0 spiro atoms. The Bertz CT molecular complexity index is 337. The molecule has 0 aromatic rings. The Hall–Kier alpha value is 0.390. The molecule has 3 nitrogen and oxygen atoms in total. The molecule has 1 rings (SSSR count). The first kappa shape index (κ1) is 15.4. The van der Waals surface area contributed by atoms with Gasteiger partial charge in [-0.25, -0.2) is 8.42 Å². The van der Waals surface area contributed by atoms with E-state index in [1.165, 1.54) is 0 Å². The molecule has 0 aromatic heterocycles. The molecular weight excluding hydrogens is 304 g/mol. The smallest absolute Gasteiger partial charge is 0.155 e. The topological polar surface area (TPSA) is 43.4 Å². The first-order chi connectivity index (χ1) is 7.72. The SMILES string of the molecule is CC(C)(C)S(=O)(=O)CCC1(CBr)CCCOC1. The second-order valence-electron chi connectivity index (χ2n) is 5.97. The molecule has 0 N–H and O–H groups in total. The van der Waals surface area contributed by atoms with Crippen LogP contribution in [-0.4, -0.2) is 37.5 Å². The second-order valence-corrected chi connectivity index (χ2v) is 9.39. The predicted molar refractivity (Wildman–Crippen MR) is 74.4 cm³/mol. The second kappa shape index (κ2) is 5.57. The van der Waals surface area contributed by atoms with E-state index in [0.717, 1.165) is 24.8 Å². The van der Waals surface area contributed by atoms with Crippen molar-refractivity contribution in [3.8, 4) is 0 Å². The van der Waals surface area contributed by atoms with Crippen LogP contribution in [0.3, 0.4) is 0 Å². The molecule has 1 aliphatic rings. The van der Waals surface area contributed by atoms with Crippen LogP contribution in [0.5, 0.6) is 0 Å². The molecule has 1 unspecified atom stereocenters. The summed E-state index contributed by atoms with van der Waals surface area (Å²) in [5, 5.41) is 0.819. The zero-order valence-corrected chi connectivity index (χ0v) is 13.4. The number of sulfone groups is 1. The molecule has 0 aliphatic carbocycles. The molecule has 5 heteroatoms. The maximum Gasteiger partial charge on any atom is 0.155 e. The number of alkyl halides is 1. The first-order valence-electron chi connectivity index (χ1n) is 6.08. The lowest BCUT2D eigenvalue weighted by atomic mass is 9.82. The van der Waals surface area contributed by atoms with Gasteiger partial charge in [0.15, 0.2) is 9.84 Å². The van der Waals surface area contributed by atoms with E-state index in [2.05, 4.69) is 15.9 Å². The minimum atomic E-state index is -3.02. The monoisotopic (exact) mass is 326 g/mol. The Kier molecular flexibility index (Phi) is 5.07. The highest BCUT2D eigenvalue weighted by molar-refractivity contribution is 9.09. The summed E-state index contributed by atoms with van der Waals surface area (Å²) >= 11 is 3.51. The molecule has 1 heterocycles. The van der Waals surface area contributed by atoms with Crippen molar-refractivity contribution >= 4 is 25.8 Å². The highest BCUT2D eigenvalue weighted by atomic mass is 79.9. The molecule has 1 saturated heterocycles. The Morgan fingerprint density at radius 2 is 2.00 bits per heavy atom. The first-order valence-corrected chi connectivity index (χ1v) is 8.86. The number of rotatable bonds is 4. The summed E-state index contributed by atoms with van der Waals surface area (Å²) in [4.78, 5) is 0. The van der Waals surface area contributed by atoms with Gasteiger partial charge in [0.1, 0.15) is 0 Å². The van der Waals surface area contributed by atoms with Gasteiger partial charge in [0.05, 0.1) is 17.1 Å². The van der Waals surface area contributed by atoms with E-state index >= 15 is 0 Å². The van der Waals surface area contributed by atoms with Gasteiger partial charge >= 0.3 is 0 Å². The van der Waals surface area contributed by atoms with E-state index in [0.29, 0.717) is 13.0 Å². The lowest BCUT2D eigenvalue weighted by Crippen LogP contribution is -2.38. The van der Waals surface area contributed by atoms with E-state index < -0.39 is 14.6 Å². The molecule has 17 heavy (non-hydrogen) atoms. The van der Waals surface area contributed by atoms with Crippen molar-refractivity contribution in [1.29, 1.82) is 0 Å². The minimum absolute atomic E-state index is 0.0105. The van der Waals surface area contributed by atoms with Crippen LogP contribution in [0.2, 0.25) is 0 Å². The highest BCUT2D eigenvalue weighted by Gasteiger charge is 2.36. The summed E-state index contributed by atoms with van der Waals surface area (Å²) in [5.74, 6) is 0.255. The number of halogens is 1. The van der Waals surface area contributed by atoms with Crippen molar-refractivity contribution in [3.63, 3.8) is 0 Å². The maximum absolute atomic E-state index is 12.1. The van der Waals surface area contributed by atoms with E-state index in [1.54, 1.807) is 20.8 Å². The third-order valence-electron chi connectivity index (χ3n) is 3.52. The van der Waals surface area contributed by atoms with Crippen LogP contribution in [0, 0.1) is 5.41 Å². The van der Waals surface area contributed by atoms with E-state index in [9.17, 15) is 8.42 Å². The summed E-state index contributed by atoms with van der Waals surface area (Å²) in [6.45, 7) is 6.78. The maximum atomic E-state index is 12.1. The number of ether oxygens (including phenoxy) is 1. The fraction of sp³-hybridized carbons (Fsp3) is 1.00. The van der Waals surface area contributed by atoms with Gasteiger partial charge in [-0.05, 0) is 40.0 Å². The summed E-state index contributed by atoms with van der Waals surface area (Å²) < 4.78 is 29.0. The van der Waals surface area contributed by atoms with Gasteiger partial charge in [0.2, 0.25) is 0 Å². The third-order valence-corrected chi connectivity index (χ3v) is 7.32. The molecular formula is C12H23BrO3S. The summed E-state index contributed by atoms with van der Waals surface area (Å²) in [7, 11) is -3.02. The van der Waals surface area contributed by atoms with E-state index in [4.69, 9.17) is 4.74 Å². The van der Waals surface area contributed by atoms with Gasteiger partial charge in [-0.2, -0.15) is 0 Å². The highest BCUT2D eigenvalue weighted by Crippen LogP contribution is 2.35. The van der Waals surface area contributed by atoms with Crippen LogP contribution in [-0.2, 0) is 14.6 Å². The zero-order valence-electron chi connectivity index (χ0n) is 11.0. The molecule has 102 valence electrons. The molecule has 1 fully saturated rings. The lowest BCUT2D eigenvalue weighted by Gasteiger charge is -2.36. The average Bonchev–Trinajstić information content (AvgIpc) is 2.26. The number of hydrogen-bond donors (Lipinski definition) is 0. The Morgan fingerprint density at radius 3 is 2.41 bits per heavy atom. The van der Waals surface area contributed by atoms with Crippen molar-refractivity contribution in [2.24, 2.45) is 5.41 Å². The zero-order chi connectivity index (χ0) is 13.2. The fourth-order valence-corrected chi connectivity index (χ4v) is 3.97. The van der Waals surface area contributed by atoms with Crippen molar-refractivity contribution < 1.29 is 13.2 Å². The van der Waals surface area contributed by atoms with Gasteiger partial charge < -0.3 is 4.74 Å². The van der Waals surface area contributed by atoms with Crippen LogP contribution in [0.15, 0.2) is 0 Å². The number of hydrogen-bond acceptors (Lipinski definition) is 3. The van der Waals surface area contributed by atoms with Crippen LogP contribution < -0.4 is 0 Å². The standard InChI is InChI=1S/C12H23BrO3S/c1-11(2,3)17(14,15)8-6-12(9-13)5-4-7-16-10-12/h4-10H2,1-3H3. The predicted octanol–water partition coefficient (Wildman–Crippen LogP) is 2.78.